The van der Waals surface area contributed by atoms with E-state index in [0.717, 1.165) is 12.1 Å². The first-order valence-corrected chi connectivity index (χ1v) is 10.7. The number of fused-ring (bicyclic) bond motifs is 1. The molecule has 4 rings (SSSR count). The van der Waals surface area contributed by atoms with E-state index in [0.29, 0.717) is 22.2 Å². The summed E-state index contributed by atoms with van der Waals surface area (Å²) in [5.41, 5.74) is 0.574. The number of hydrogen-bond acceptors (Lipinski definition) is 4. The van der Waals surface area contributed by atoms with Gasteiger partial charge in [-0.25, -0.2) is 14.8 Å². The number of nitrogens with one attached hydrogen (secondary N) is 1. The molecule has 2 N–H and O–H groups in total. The standard InChI is InChI=1S/C24H18ClF3N4O3/c1-13(15-5-7-16(8-6-15)23(34)35)31-22(33)20-19(25)18-10-29-12-30-21(18)32(20)11-14-3-2-4-17(9-14)24(26,27)28/h2-10,12-13H,11H2,1H3,(H,31,33)(H,34,35). The second-order valence-corrected chi connectivity index (χ2v) is 8.21. The summed E-state index contributed by atoms with van der Waals surface area (Å²) in [7, 11) is 0. The lowest BCUT2D eigenvalue weighted by molar-refractivity contribution is -0.137. The molecule has 1 unspecified atom stereocenters. The van der Waals surface area contributed by atoms with Crippen molar-refractivity contribution in [3.05, 3.63) is 94.0 Å². The molecule has 35 heavy (non-hydrogen) atoms. The van der Waals surface area contributed by atoms with Gasteiger partial charge >= 0.3 is 12.1 Å². The zero-order valence-corrected chi connectivity index (χ0v) is 18.9. The Labute approximate surface area is 202 Å². The Kier molecular flexibility index (Phi) is 6.49. The lowest BCUT2D eigenvalue weighted by atomic mass is 10.1. The molecule has 0 fully saturated rings. The third kappa shape index (κ3) is 4.97. The summed E-state index contributed by atoms with van der Waals surface area (Å²) >= 11 is 6.51. The van der Waals surface area contributed by atoms with Gasteiger partial charge in [0.05, 0.1) is 27.6 Å². The number of hydrogen-bond donors (Lipinski definition) is 2. The summed E-state index contributed by atoms with van der Waals surface area (Å²) in [6.45, 7) is 1.62. The van der Waals surface area contributed by atoms with Crippen LogP contribution >= 0.6 is 11.6 Å². The van der Waals surface area contributed by atoms with Gasteiger partial charge in [-0.1, -0.05) is 35.9 Å². The van der Waals surface area contributed by atoms with Gasteiger partial charge in [-0.15, -0.1) is 0 Å². The monoisotopic (exact) mass is 502 g/mol. The van der Waals surface area contributed by atoms with Crippen molar-refractivity contribution in [3.8, 4) is 0 Å². The van der Waals surface area contributed by atoms with E-state index in [2.05, 4.69) is 15.3 Å². The summed E-state index contributed by atoms with van der Waals surface area (Å²) in [6.07, 6.45) is -1.83. The molecule has 0 spiro atoms. The Morgan fingerprint density at radius 2 is 1.89 bits per heavy atom. The minimum Gasteiger partial charge on any atom is -0.478 e. The highest BCUT2D eigenvalue weighted by Gasteiger charge is 2.31. The first-order valence-electron chi connectivity index (χ1n) is 10.3. The number of carbonyl (C=O) groups excluding carboxylic acids is 1. The first kappa shape index (κ1) is 24.2. The number of benzene rings is 2. The summed E-state index contributed by atoms with van der Waals surface area (Å²) in [4.78, 5) is 32.5. The molecule has 0 radical (unpaired) electrons. The second kappa shape index (κ2) is 9.38. The summed E-state index contributed by atoms with van der Waals surface area (Å²) in [5.74, 6) is -1.64. The van der Waals surface area contributed by atoms with E-state index in [-0.39, 0.29) is 22.8 Å². The normalized spacial score (nSPS) is 12.5. The van der Waals surface area contributed by atoms with Gasteiger partial charge in [0, 0.05) is 12.7 Å². The van der Waals surface area contributed by atoms with Crippen LogP contribution in [0.2, 0.25) is 5.02 Å². The van der Waals surface area contributed by atoms with Crippen LogP contribution in [0, 0.1) is 0 Å². The number of aromatic nitrogens is 3. The highest BCUT2D eigenvalue weighted by molar-refractivity contribution is 6.38. The van der Waals surface area contributed by atoms with Crippen LogP contribution in [0.1, 0.15) is 50.5 Å². The number of rotatable bonds is 6. The number of aromatic carboxylic acids is 1. The summed E-state index contributed by atoms with van der Waals surface area (Å²) < 4.78 is 41.0. The molecule has 11 heteroatoms. The average Bonchev–Trinajstić information content (AvgIpc) is 3.10. The predicted molar refractivity (Wildman–Crippen MR) is 122 cm³/mol. The van der Waals surface area contributed by atoms with Gasteiger partial charge in [0.25, 0.3) is 5.91 Å². The number of amides is 1. The van der Waals surface area contributed by atoms with E-state index in [1.165, 1.54) is 41.4 Å². The molecule has 0 aliphatic rings. The number of alkyl halides is 3. The van der Waals surface area contributed by atoms with Crippen molar-refractivity contribution in [3.63, 3.8) is 0 Å². The van der Waals surface area contributed by atoms with Crippen LogP contribution < -0.4 is 5.32 Å². The number of carbonyl (C=O) groups is 2. The number of carboxylic acids is 1. The van der Waals surface area contributed by atoms with Gasteiger partial charge in [0.15, 0.2) is 0 Å². The molecule has 180 valence electrons. The van der Waals surface area contributed by atoms with Crippen molar-refractivity contribution < 1.29 is 27.9 Å². The predicted octanol–water partition coefficient (Wildman–Crippen LogP) is 5.34. The van der Waals surface area contributed by atoms with Crippen molar-refractivity contribution in [1.82, 2.24) is 19.9 Å². The topological polar surface area (TPSA) is 97.1 Å². The van der Waals surface area contributed by atoms with Crippen LogP contribution in [0.25, 0.3) is 11.0 Å². The zero-order chi connectivity index (χ0) is 25.3. The smallest absolute Gasteiger partial charge is 0.416 e. The van der Waals surface area contributed by atoms with Gasteiger partial charge in [0.2, 0.25) is 0 Å². The number of carboxylic acid groups (broad SMARTS) is 1. The average molecular weight is 503 g/mol. The van der Waals surface area contributed by atoms with Gasteiger partial charge < -0.3 is 15.0 Å². The fourth-order valence-corrected chi connectivity index (χ4v) is 4.03. The minimum absolute atomic E-state index is 0.0218. The molecular formula is C24H18ClF3N4O3. The van der Waals surface area contributed by atoms with Crippen LogP contribution in [0.15, 0.2) is 61.1 Å². The van der Waals surface area contributed by atoms with Crippen LogP contribution in [-0.2, 0) is 12.7 Å². The Hall–Kier alpha value is -3.92. The van der Waals surface area contributed by atoms with Gasteiger partial charge in [-0.2, -0.15) is 13.2 Å². The second-order valence-electron chi connectivity index (χ2n) is 7.83. The molecular weight excluding hydrogens is 485 g/mol. The lowest BCUT2D eigenvalue weighted by Crippen LogP contribution is -2.29. The van der Waals surface area contributed by atoms with E-state index in [9.17, 15) is 22.8 Å². The first-order chi connectivity index (χ1) is 16.6. The highest BCUT2D eigenvalue weighted by atomic mass is 35.5. The van der Waals surface area contributed by atoms with Crippen LogP contribution in [0.4, 0.5) is 13.2 Å². The van der Waals surface area contributed by atoms with Gasteiger partial charge in [-0.05, 0) is 42.3 Å². The van der Waals surface area contributed by atoms with E-state index in [4.69, 9.17) is 16.7 Å². The molecule has 0 saturated carbocycles. The third-order valence-electron chi connectivity index (χ3n) is 5.48. The Bertz CT molecular complexity index is 1420. The maximum absolute atomic E-state index is 13.3. The third-order valence-corrected chi connectivity index (χ3v) is 5.86. The Balaban J connectivity index is 1.69. The van der Waals surface area contributed by atoms with Crippen molar-refractivity contribution in [2.24, 2.45) is 0 Å². The summed E-state index contributed by atoms with van der Waals surface area (Å²) in [5, 5.41) is 12.3. The maximum Gasteiger partial charge on any atom is 0.416 e. The number of halogens is 4. The fraction of sp³-hybridized carbons (Fsp3) is 0.167. The molecule has 7 nitrogen and oxygen atoms in total. The zero-order valence-electron chi connectivity index (χ0n) is 18.2. The number of nitrogens with zero attached hydrogens (tertiary/aromatic N) is 3. The van der Waals surface area contributed by atoms with Crippen LogP contribution in [-0.4, -0.2) is 31.5 Å². The molecule has 0 bridgehead atoms. The molecule has 2 aromatic carbocycles. The lowest BCUT2D eigenvalue weighted by Gasteiger charge is -2.17. The molecule has 1 amide bonds. The molecule has 0 aliphatic carbocycles. The van der Waals surface area contributed by atoms with Gasteiger partial charge in [-0.3, -0.25) is 4.79 Å². The van der Waals surface area contributed by atoms with Gasteiger partial charge in [0.1, 0.15) is 17.7 Å². The van der Waals surface area contributed by atoms with Crippen molar-refractivity contribution in [1.29, 1.82) is 0 Å². The van der Waals surface area contributed by atoms with Crippen LogP contribution in [0.5, 0.6) is 0 Å². The van der Waals surface area contributed by atoms with Crippen LogP contribution in [0.3, 0.4) is 0 Å². The SMILES string of the molecule is CC(NC(=O)c1c(Cl)c2cncnc2n1Cc1cccc(C(F)(F)F)c1)c1ccc(C(=O)O)cc1. The van der Waals surface area contributed by atoms with E-state index < -0.39 is 29.7 Å². The molecule has 2 heterocycles. The minimum atomic E-state index is -4.51. The molecule has 2 aromatic heterocycles. The Morgan fingerprint density at radius 3 is 2.54 bits per heavy atom. The summed E-state index contributed by atoms with van der Waals surface area (Å²) in [6, 6.07) is 10.3. The highest BCUT2D eigenvalue weighted by Crippen LogP contribution is 2.32. The molecule has 1 atom stereocenters. The molecule has 4 aromatic rings. The van der Waals surface area contributed by atoms with E-state index >= 15 is 0 Å². The largest absolute Gasteiger partial charge is 0.478 e. The maximum atomic E-state index is 13.3. The fourth-order valence-electron chi connectivity index (χ4n) is 3.71. The van der Waals surface area contributed by atoms with E-state index in [1.807, 2.05) is 0 Å². The van der Waals surface area contributed by atoms with Crippen molar-refractivity contribution in [2.75, 3.05) is 0 Å². The van der Waals surface area contributed by atoms with E-state index in [1.54, 1.807) is 19.1 Å². The van der Waals surface area contributed by atoms with Crippen molar-refractivity contribution in [2.45, 2.75) is 25.7 Å². The quantitative estimate of drug-likeness (QED) is 0.371. The van der Waals surface area contributed by atoms with Crippen molar-refractivity contribution >= 4 is 34.5 Å². The molecule has 0 aliphatic heterocycles. The Morgan fingerprint density at radius 1 is 1.17 bits per heavy atom. The molecule has 0 saturated heterocycles.